The van der Waals surface area contributed by atoms with Crippen molar-refractivity contribution in [2.24, 2.45) is 0 Å². The third-order valence-corrected chi connectivity index (χ3v) is 2.52. The second-order valence-corrected chi connectivity index (χ2v) is 3.67. The molecule has 0 radical (unpaired) electrons. The fourth-order valence-corrected chi connectivity index (χ4v) is 1.69. The van der Waals surface area contributed by atoms with Gasteiger partial charge in [0.1, 0.15) is 6.10 Å². The third kappa shape index (κ3) is 2.81. The van der Waals surface area contributed by atoms with Gasteiger partial charge >= 0.3 is 0 Å². The zero-order valence-corrected chi connectivity index (χ0v) is 10.4. The zero-order valence-electron chi connectivity index (χ0n) is 10.4. The van der Waals surface area contributed by atoms with Crippen molar-refractivity contribution >= 4 is 0 Å². The maximum Gasteiger partial charge on any atom is 0.200 e. The molecule has 0 heterocycles. The SMILES string of the molecule is COc1cc([C@@H](OC)[C@H](C)O)cc(OC)c1O. The summed E-state index contributed by atoms with van der Waals surface area (Å²) in [5.41, 5.74) is 0.675. The first-order valence-electron chi connectivity index (χ1n) is 5.20. The summed E-state index contributed by atoms with van der Waals surface area (Å²) < 4.78 is 15.3. The quantitative estimate of drug-likeness (QED) is 0.818. The summed E-state index contributed by atoms with van der Waals surface area (Å²) >= 11 is 0. The molecule has 0 aliphatic rings. The molecule has 0 bridgehead atoms. The fourth-order valence-electron chi connectivity index (χ4n) is 1.69. The Kier molecular flexibility index (Phi) is 4.60. The fraction of sp³-hybridized carbons (Fsp3) is 0.500. The summed E-state index contributed by atoms with van der Waals surface area (Å²) in [6.07, 6.45) is -1.18. The molecule has 0 aromatic heterocycles. The van der Waals surface area contributed by atoms with Gasteiger partial charge < -0.3 is 24.4 Å². The minimum atomic E-state index is -0.682. The predicted octanol–water partition coefficient (Wildman–Crippen LogP) is 1.48. The van der Waals surface area contributed by atoms with Gasteiger partial charge in [-0.3, -0.25) is 0 Å². The van der Waals surface area contributed by atoms with E-state index in [4.69, 9.17) is 14.2 Å². The molecular formula is C12H18O5. The predicted molar refractivity (Wildman–Crippen MR) is 62.6 cm³/mol. The van der Waals surface area contributed by atoms with Gasteiger partial charge in [-0.2, -0.15) is 0 Å². The van der Waals surface area contributed by atoms with Crippen LogP contribution in [0.25, 0.3) is 0 Å². The average Bonchev–Trinajstić information content (AvgIpc) is 2.31. The summed E-state index contributed by atoms with van der Waals surface area (Å²) in [4.78, 5) is 0. The van der Waals surface area contributed by atoms with Crippen LogP contribution in [0.5, 0.6) is 17.2 Å². The molecule has 0 unspecified atom stereocenters. The van der Waals surface area contributed by atoms with E-state index in [1.165, 1.54) is 21.3 Å². The number of aliphatic hydroxyl groups is 1. The maximum absolute atomic E-state index is 9.75. The molecule has 96 valence electrons. The van der Waals surface area contributed by atoms with Gasteiger partial charge in [0.15, 0.2) is 11.5 Å². The number of aliphatic hydroxyl groups excluding tert-OH is 1. The number of ether oxygens (including phenoxy) is 3. The molecule has 0 amide bonds. The van der Waals surface area contributed by atoms with Crippen molar-refractivity contribution in [2.45, 2.75) is 19.1 Å². The number of rotatable bonds is 5. The van der Waals surface area contributed by atoms with Crippen LogP contribution in [0.2, 0.25) is 0 Å². The zero-order chi connectivity index (χ0) is 13.0. The third-order valence-electron chi connectivity index (χ3n) is 2.52. The van der Waals surface area contributed by atoms with Crippen molar-refractivity contribution in [1.29, 1.82) is 0 Å². The highest BCUT2D eigenvalue weighted by Gasteiger charge is 2.21. The molecule has 5 heteroatoms. The van der Waals surface area contributed by atoms with E-state index in [2.05, 4.69) is 0 Å². The van der Waals surface area contributed by atoms with Crippen LogP contribution >= 0.6 is 0 Å². The summed E-state index contributed by atoms with van der Waals surface area (Å²) in [6.45, 7) is 1.62. The van der Waals surface area contributed by atoms with Crippen molar-refractivity contribution < 1.29 is 24.4 Å². The Bertz CT molecular complexity index is 350. The Hall–Kier alpha value is -1.46. The van der Waals surface area contributed by atoms with Crippen molar-refractivity contribution in [3.05, 3.63) is 17.7 Å². The molecule has 5 nitrogen and oxygen atoms in total. The van der Waals surface area contributed by atoms with Crippen LogP contribution in [0.4, 0.5) is 0 Å². The van der Waals surface area contributed by atoms with Gasteiger partial charge in [0, 0.05) is 7.11 Å². The topological polar surface area (TPSA) is 68.2 Å². The van der Waals surface area contributed by atoms with Gasteiger partial charge in [0.2, 0.25) is 5.75 Å². The van der Waals surface area contributed by atoms with E-state index in [-0.39, 0.29) is 17.2 Å². The van der Waals surface area contributed by atoms with E-state index in [0.29, 0.717) is 5.56 Å². The van der Waals surface area contributed by atoms with Crippen LogP contribution in [0.3, 0.4) is 0 Å². The minimum Gasteiger partial charge on any atom is -0.502 e. The number of benzene rings is 1. The first-order valence-corrected chi connectivity index (χ1v) is 5.20. The molecule has 0 fully saturated rings. The summed E-state index contributed by atoms with van der Waals surface area (Å²) in [5.74, 6) is 0.489. The highest BCUT2D eigenvalue weighted by Crippen LogP contribution is 2.39. The second kappa shape index (κ2) is 5.75. The molecule has 0 aliphatic heterocycles. The number of methoxy groups -OCH3 is 3. The normalized spacial score (nSPS) is 14.2. The van der Waals surface area contributed by atoms with Crippen LogP contribution in [0.15, 0.2) is 12.1 Å². The van der Waals surface area contributed by atoms with Crippen molar-refractivity contribution in [2.75, 3.05) is 21.3 Å². The van der Waals surface area contributed by atoms with Gasteiger partial charge in [-0.1, -0.05) is 0 Å². The number of phenolic OH excluding ortho intramolecular Hbond substituents is 1. The number of phenols is 1. The van der Waals surface area contributed by atoms with E-state index in [1.54, 1.807) is 19.1 Å². The van der Waals surface area contributed by atoms with Crippen LogP contribution in [-0.2, 0) is 4.74 Å². The van der Waals surface area contributed by atoms with Crippen molar-refractivity contribution in [1.82, 2.24) is 0 Å². The number of hydrogen-bond donors (Lipinski definition) is 2. The van der Waals surface area contributed by atoms with E-state index in [9.17, 15) is 10.2 Å². The molecule has 0 saturated carbocycles. The lowest BCUT2D eigenvalue weighted by molar-refractivity contribution is -0.00370. The highest BCUT2D eigenvalue weighted by molar-refractivity contribution is 5.53. The molecule has 1 rings (SSSR count). The van der Waals surface area contributed by atoms with E-state index in [1.807, 2.05) is 0 Å². The Balaban J connectivity index is 3.24. The largest absolute Gasteiger partial charge is 0.502 e. The first-order chi connectivity index (χ1) is 8.04. The van der Waals surface area contributed by atoms with Crippen LogP contribution in [-0.4, -0.2) is 37.6 Å². The molecule has 0 spiro atoms. The molecule has 1 aromatic rings. The smallest absolute Gasteiger partial charge is 0.200 e. The van der Waals surface area contributed by atoms with Crippen molar-refractivity contribution in [3.63, 3.8) is 0 Å². The lowest BCUT2D eigenvalue weighted by Crippen LogP contribution is -2.16. The van der Waals surface area contributed by atoms with Crippen molar-refractivity contribution in [3.8, 4) is 17.2 Å². The van der Waals surface area contributed by atoms with Crippen LogP contribution in [0, 0.1) is 0 Å². The molecule has 17 heavy (non-hydrogen) atoms. The Morgan fingerprint density at radius 2 is 1.53 bits per heavy atom. The van der Waals surface area contributed by atoms with Gasteiger partial charge in [-0.25, -0.2) is 0 Å². The minimum absolute atomic E-state index is 0.0702. The summed E-state index contributed by atoms with van der Waals surface area (Å²) in [7, 11) is 4.40. The number of hydrogen-bond acceptors (Lipinski definition) is 5. The van der Waals surface area contributed by atoms with Gasteiger partial charge in [-0.05, 0) is 24.6 Å². The lowest BCUT2D eigenvalue weighted by atomic mass is 10.0. The Labute approximate surface area is 101 Å². The van der Waals surface area contributed by atoms with Gasteiger partial charge in [-0.15, -0.1) is 0 Å². The standard InChI is InChI=1S/C12H18O5/c1-7(13)12(17-4)8-5-9(15-2)11(14)10(6-8)16-3/h5-7,12-14H,1-4H3/t7-,12-/m0/s1. The summed E-state index contributed by atoms with van der Waals surface area (Å²) in [6, 6.07) is 3.22. The van der Waals surface area contributed by atoms with E-state index < -0.39 is 12.2 Å². The van der Waals surface area contributed by atoms with Crippen LogP contribution < -0.4 is 9.47 Å². The Morgan fingerprint density at radius 3 is 1.82 bits per heavy atom. The molecule has 2 atom stereocenters. The monoisotopic (exact) mass is 242 g/mol. The lowest BCUT2D eigenvalue weighted by Gasteiger charge is -2.20. The Morgan fingerprint density at radius 1 is 1.06 bits per heavy atom. The highest BCUT2D eigenvalue weighted by atomic mass is 16.5. The molecular weight excluding hydrogens is 224 g/mol. The van der Waals surface area contributed by atoms with Gasteiger partial charge in [0.25, 0.3) is 0 Å². The first kappa shape index (κ1) is 13.6. The van der Waals surface area contributed by atoms with Crippen LogP contribution in [0.1, 0.15) is 18.6 Å². The molecule has 1 aromatic carbocycles. The average molecular weight is 242 g/mol. The maximum atomic E-state index is 9.75. The molecule has 0 aliphatic carbocycles. The molecule has 0 saturated heterocycles. The van der Waals surface area contributed by atoms with E-state index in [0.717, 1.165) is 0 Å². The van der Waals surface area contributed by atoms with E-state index >= 15 is 0 Å². The number of aromatic hydroxyl groups is 1. The second-order valence-electron chi connectivity index (χ2n) is 3.67. The summed E-state index contributed by atoms with van der Waals surface area (Å²) in [5, 5.41) is 19.3. The van der Waals surface area contributed by atoms with Gasteiger partial charge in [0.05, 0.1) is 20.3 Å². The molecule has 2 N–H and O–H groups in total.